The number of phenols is 2. The van der Waals surface area contributed by atoms with Gasteiger partial charge in [-0.1, -0.05) is 30.3 Å². The Morgan fingerprint density at radius 2 is 1.88 bits per heavy atom. The van der Waals surface area contributed by atoms with Crippen LogP contribution < -0.4 is 14.2 Å². The van der Waals surface area contributed by atoms with Crippen molar-refractivity contribution in [3.05, 3.63) is 88.6 Å². The molecule has 1 aliphatic heterocycles. The number of rotatable bonds is 8. The number of fused-ring (bicyclic) bond motifs is 3. The van der Waals surface area contributed by atoms with Crippen molar-refractivity contribution >= 4 is 27.5 Å². The van der Waals surface area contributed by atoms with E-state index in [1.165, 1.54) is 34.4 Å². The molecule has 0 fully saturated rings. The van der Waals surface area contributed by atoms with Gasteiger partial charge in [0.15, 0.2) is 17.3 Å². The Morgan fingerprint density at radius 1 is 1.05 bits per heavy atom. The second kappa shape index (κ2) is 10.9. The molecule has 1 unspecified atom stereocenters. The molecule has 4 N–H and O–H groups in total. The Labute approximate surface area is 248 Å². The number of hydrogen-bond donors (Lipinski definition) is 4. The van der Waals surface area contributed by atoms with Gasteiger partial charge in [-0.15, -0.1) is 0 Å². The molecular formula is C35H33NO7. The van der Waals surface area contributed by atoms with Crippen molar-refractivity contribution in [3.8, 4) is 28.7 Å². The van der Waals surface area contributed by atoms with Gasteiger partial charge in [0.25, 0.3) is 0 Å². The summed E-state index contributed by atoms with van der Waals surface area (Å²) in [6.07, 6.45) is 3.95. The molecule has 2 atom stereocenters. The van der Waals surface area contributed by atoms with Crippen LogP contribution in [0.25, 0.3) is 21.7 Å². The number of methoxy groups -OCH3 is 1. The van der Waals surface area contributed by atoms with Gasteiger partial charge < -0.3 is 34.5 Å². The quantitative estimate of drug-likeness (QED) is 0.155. The predicted molar refractivity (Wildman–Crippen MR) is 163 cm³/mol. The van der Waals surface area contributed by atoms with Crippen molar-refractivity contribution in [1.82, 2.24) is 4.98 Å². The number of benzene rings is 4. The molecule has 4 aromatic carbocycles. The summed E-state index contributed by atoms with van der Waals surface area (Å²) >= 11 is 0. The summed E-state index contributed by atoms with van der Waals surface area (Å²) in [6, 6.07) is 17.3. The summed E-state index contributed by atoms with van der Waals surface area (Å²) in [6.45, 7) is 0.0630. The number of ether oxygens (including phenoxy) is 3. The smallest absolute Gasteiger partial charge is 0.204 e. The van der Waals surface area contributed by atoms with Crippen LogP contribution in [-0.2, 0) is 12.8 Å². The summed E-state index contributed by atoms with van der Waals surface area (Å²) in [4.78, 5) is 17.2. The van der Waals surface area contributed by atoms with Gasteiger partial charge in [0.2, 0.25) is 5.75 Å². The van der Waals surface area contributed by atoms with Crippen LogP contribution in [0.3, 0.4) is 0 Å². The van der Waals surface area contributed by atoms with Gasteiger partial charge in [-0.2, -0.15) is 0 Å². The van der Waals surface area contributed by atoms with Crippen LogP contribution in [0.4, 0.5) is 0 Å². The molecule has 1 aliphatic carbocycles. The predicted octanol–water partition coefficient (Wildman–Crippen LogP) is 6.48. The first-order valence-corrected chi connectivity index (χ1v) is 14.7. The summed E-state index contributed by atoms with van der Waals surface area (Å²) < 4.78 is 18.2. The number of phenolic OH excluding ortho intramolecular Hbond substituents is 2. The number of H-pyrrole nitrogens is 1. The number of nitrogens with one attached hydrogen (secondary N) is 1. The average molecular weight is 580 g/mol. The number of ketones is 1. The second-order valence-corrected chi connectivity index (χ2v) is 11.3. The van der Waals surface area contributed by atoms with Crippen LogP contribution in [0.15, 0.2) is 60.8 Å². The minimum absolute atomic E-state index is 0.0567. The lowest BCUT2D eigenvalue weighted by Crippen LogP contribution is -2.24. The molecule has 2 aliphatic rings. The van der Waals surface area contributed by atoms with Crippen molar-refractivity contribution in [1.29, 1.82) is 0 Å². The summed E-state index contributed by atoms with van der Waals surface area (Å²) in [5.41, 5.74) is 5.13. The minimum Gasteiger partial charge on any atom is -0.508 e. The molecule has 0 bridgehead atoms. The van der Waals surface area contributed by atoms with E-state index in [-0.39, 0.29) is 59.9 Å². The molecule has 0 saturated heterocycles. The number of aromatic hydroxyl groups is 2. The largest absolute Gasteiger partial charge is 0.508 e. The molecule has 0 spiro atoms. The Hall–Kier alpha value is -4.69. The monoisotopic (exact) mass is 579 g/mol. The van der Waals surface area contributed by atoms with E-state index in [0.717, 1.165) is 23.9 Å². The number of aliphatic hydroxyl groups excluding tert-OH is 1. The lowest BCUT2D eigenvalue weighted by atomic mass is 9.77. The first-order chi connectivity index (χ1) is 21.0. The third kappa shape index (κ3) is 4.53. The number of aromatic amines is 1. The molecular weight excluding hydrogens is 546 g/mol. The van der Waals surface area contributed by atoms with Gasteiger partial charge >= 0.3 is 0 Å². The SMILES string of the molecule is COc1c(O)c(C[C@@H]2CCc3cc4[nH]ccc4c4cccc2c34)c2c(c1OCCCO)C(=O)CC(c1ccc(O)cc1)O2. The standard InChI is InChI=1S/C35H33NO7/c1-41-35-32(40)26(16-20-6-7-21-17-27-24(12-13-36-27)25-5-2-4-23(20)30(21)25)33-31(34(35)42-15-3-14-37)28(39)18-29(43-33)19-8-10-22(38)11-9-19/h2,4-5,8-13,17,20,29,36-38,40H,3,6-7,14-16,18H2,1H3/t20-,29?/m0/s1. The molecule has 5 aromatic rings. The molecule has 7 rings (SSSR count). The molecule has 0 radical (unpaired) electrons. The van der Waals surface area contributed by atoms with Crippen LogP contribution in [-0.4, -0.2) is 46.4 Å². The van der Waals surface area contributed by atoms with Crippen LogP contribution in [0.5, 0.6) is 28.7 Å². The summed E-state index contributed by atoms with van der Waals surface area (Å²) in [5, 5.41) is 34.5. The lowest BCUT2D eigenvalue weighted by Gasteiger charge is -2.32. The van der Waals surface area contributed by atoms with Crippen LogP contribution in [0.1, 0.15) is 63.9 Å². The fourth-order valence-corrected chi connectivity index (χ4v) is 6.80. The van der Waals surface area contributed by atoms with Crippen LogP contribution in [0, 0.1) is 0 Å². The molecule has 220 valence electrons. The fraction of sp³-hybridized carbons (Fsp3) is 0.286. The highest BCUT2D eigenvalue weighted by Crippen LogP contribution is 2.54. The van der Waals surface area contributed by atoms with Gasteiger partial charge in [0.1, 0.15) is 23.2 Å². The Balaban J connectivity index is 1.37. The lowest BCUT2D eigenvalue weighted by molar-refractivity contribution is 0.0836. The van der Waals surface area contributed by atoms with Crippen molar-refractivity contribution < 1.29 is 34.3 Å². The first kappa shape index (κ1) is 27.2. The van der Waals surface area contributed by atoms with E-state index >= 15 is 0 Å². The van der Waals surface area contributed by atoms with E-state index in [0.29, 0.717) is 24.2 Å². The number of carbonyl (C=O) groups is 1. The van der Waals surface area contributed by atoms with Gasteiger partial charge in [-0.3, -0.25) is 4.79 Å². The maximum Gasteiger partial charge on any atom is 0.204 e. The van der Waals surface area contributed by atoms with Gasteiger partial charge in [-0.05, 0) is 76.9 Å². The van der Waals surface area contributed by atoms with E-state index < -0.39 is 6.10 Å². The van der Waals surface area contributed by atoms with Crippen LogP contribution in [0.2, 0.25) is 0 Å². The van der Waals surface area contributed by atoms with Gasteiger partial charge in [0.05, 0.1) is 20.1 Å². The maximum absolute atomic E-state index is 13.8. The highest BCUT2D eigenvalue weighted by molar-refractivity contribution is 6.09. The van der Waals surface area contributed by atoms with Crippen molar-refractivity contribution in [2.45, 2.75) is 44.1 Å². The Morgan fingerprint density at radius 3 is 2.67 bits per heavy atom. The number of Topliss-reactive ketones (excluding diaryl/α,β-unsaturated/α-hetero) is 1. The minimum atomic E-state index is -0.602. The zero-order chi connectivity index (χ0) is 29.7. The number of carbonyl (C=O) groups excluding carboxylic acids is 1. The zero-order valence-corrected chi connectivity index (χ0v) is 23.9. The van der Waals surface area contributed by atoms with E-state index in [9.17, 15) is 20.1 Å². The van der Waals surface area contributed by atoms with E-state index in [1.54, 1.807) is 24.3 Å². The Bertz CT molecular complexity index is 1860. The van der Waals surface area contributed by atoms with Crippen LogP contribution >= 0.6 is 0 Å². The third-order valence-electron chi connectivity index (χ3n) is 8.82. The molecule has 43 heavy (non-hydrogen) atoms. The van der Waals surface area contributed by atoms with Crippen molar-refractivity contribution in [2.24, 2.45) is 0 Å². The molecule has 0 amide bonds. The second-order valence-electron chi connectivity index (χ2n) is 11.3. The topological polar surface area (TPSA) is 121 Å². The number of hydrogen-bond acceptors (Lipinski definition) is 7. The van der Waals surface area contributed by atoms with Crippen molar-refractivity contribution in [2.75, 3.05) is 20.3 Å². The summed E-state index contributed by atoms with van der Waals surface area (Å²) in [5.74, 6) is 0.397. The molecule has 0 saturated carbocycles. The maximum atomic E-state index is 13.8. The highest BCUT2D eigenvalue weighted by Gasteiger charge is 2.38. The van der Waals surface area contributed by atoms with E-state index in [4.69, 9.17) is 14.2 Å². The number of aliphatic hydroxyl groups is 1. The number of aromatic nitrogens is 1. The molecule has 8 nitrogen and oxygen atoms in total. The number of aryl methyl sites for hydroxylation is 1. The molecule has 2 heterocycles. The first-order valence-electron chi connectivity index (χ1n) is 14.7. The molecule has 8 heteroatoms. The third-order valence-corrected chi connectivity index (χ3v) is 8.82. The normalized spacial score (nSPS) is 17.6. The molecule has 1 aromatic heterocycles. The highest BCUT2D eigenvalue weighted by atomic mass is 16.5. The van der Waals surface area contributed by atoms with Gasteiger partial charge in [0, 0.05) is 35.7 Å². The van der Waals surface area contributed by atoms with E-state index in [2.05, 4.69) is 35.3 Å². The van der Waals surface area contributed by atoms with Crippen molar-refractivity contribution in [3.63, 3.8) is 0 Å². The Kier molecular flexibility index (Phi) is 6.86. The summed E-state index contributed by atoms with van der Waals surface area (Å²) in [7, 11) is 1.44. The fourth-order valence-electron chi connectivity index (χ4n) is 6.80. The van der Waals surface area contributed by atoms with E-state index in [1.807, 2.05) is 6.20 Å². The zero-order valence-electron chi connectivity index (χ0n) is 23.9. The van der Waals surface area contributed by atoms with Gasteiger partial charge in [-0.25, -0.2) is 0 Å². The average Bonchev–Trinajstić information content (AvgIpc) is 3.49.